The Morgan fingerprint density at radius 1 is 1.35 bits per heavy atom. The van der Waals surface area contributed by atoms with Crippen molar-refractivity contribution in [2.45, 2.75) is 13.5 Å². The highest BCUT2D eigenvalue weighted by Crippen LogP contribution is 2.06. The highest BCUT2D eigenvalue weighted by atomic mass is 35.5. The number of rotatable bonds is 8. The lowest BCUT2D eigenvalue weighted by Gasteiger charge is -2.05. The van der Waals surface area contributed by atoms with Gasteiger partial charge in [-0.1, -0.05) is 12.1 Å². The minimum absolute atomic E-state index is 0.0294. The van der Waals surface area contributed by atoms with Crippen molar-refractivity contribution >= 4 is 23.5 Å². The quantitative estimate of drug-likeness (QED) is 0.326. The van der Waals surface area contributed by atoms with E-state index in [1.54, 1.807) is 31.2 Å². The molecular weight excluding hydrogens is 318 g/mol. The summed E-state index contributed by atoms with van der Waals surface area (Å²) in [4.78, 5) is 23.1. The van der Waals surface area contributed by atoms with E-state index in [0.717, 1.165) is 5.56 Å². The van der Waals surface area contributed by atoms with Gasteiger partial charge in [0.15, 0.2) is 0 Å². The summed E-state index contributed by atoms with van der Waals surface area (Å²) in [5.74, 6) is -0.557. The molecule has 23 heavy (non-hydrogen) atoms. The van der Waals surface area contributed by atoms with Crippen LogP contribution in [0.3, 0.4) is 0 Å². The molecule has 122 valence electrons. The molecule has 0 aliphatic carbocycles. The first kappa shape index (κ1) is 18.5. The Balaban J connectivity index is 2.57. The number of carbonyl (C=O) groups excluding carboxylic acids is 2. The summed E-state index contributed by atoms with van der Waals surface area (Å²) in [6, 6.07) is 8.69. The van der Waals surface area contributed by atoms with Crippen LogP contribution in [0.25, 0.3) is 0 Å². The second-order valence-electron chi connectivity index (χ2n) is 4.41. The summed E-state index contributed by atoms with van der Waals surface area (Å²) in [6.07, 6.45) is 1.35. The van der Waals surface area contributed by atoms with Crippen LogP contribution in [0.15, 0.2) is 36.0 Å². The Morgan fingerprint density at radius 2 is 2.04 bits per heavy atom. The number of carbonyl (C=O) groups is 2. The van der Waals surface area contributed by atoms with Crippen molar-refractivity contribution in [3.05, 3.63) is 47.2 Å². The fourth-order valence-electron chi connectivity index (χ4n) is 1.65. The molecule has 0 atom stereocenters. The van der Waals surface area contributed by atoms with Crippen molar-refractivity contribution < 1.29 is 14.3 Å². The molecule has 0 unspecified atom stereocenters. The Bertz CT molecular complexity index is 606. The third kappa shape index (κ3) is 6.41. The zero-order valence-electron chi connectivity index (χ0n) is 12.8. The zero-order chi connectivity index (χ0) is 17.1. The number of nitriles is 1. The van der Waals surface area contributed by atoms with Gasteiger partial charge < -0.3 is 15.4 Å². The Kier molecular flexibility index (Phi) is 8.25. The van der Waals surface area contributed by atoms with Crippen LogP contribution in [0.4, 0.5) is 0 Å². The summed E-state index contributed by atoms with van der Waals surface area (Å²) < 4.78 is 4.90. The Hall–Kier alpha value is -2.52. The van der Waals surface area contributed by atoms with E-state index >= 15 is 0 Å². The van der Waals surface area contributed by atoms with E-state index in [0.29, 0.717) is 25.3 Å². The van der Waals surface area contributed by atoms with Gasteiger partial charge in [0.25, 0.3) is 5.91 Å². The average molecular weight is 336 g/mol. The molecule has 2 N–H and O–H groups in total. The number of esters is 1. The number of amides is 1. The lowest BCUT2D eigenvalue weighted by Crippen LogP contribution is -2.27. The lowest BCUT2D eigenvalue weighted by molar-refractivity contribution is -0.117. The Labute approximate surface area is 140 Å². The number of benzene rings is 1. The molecule has 1 aromatic rings. The van der Waals surface area contributed by atoms with Gasteiger partial charge in [-0.05, 0) is 24.6 Å². The maximum absolute atomic E-state index is 11.6. The molecular formula is C16H18ClN3O3. The third-order valence-electron chi connectivity index (χ3n) is 2.76. The summed E-state index contributed by atoms with van der Waals surface area (Å²) >= 11 is 5.47. The number of hydrogen-bond donors (Lipinski definition) is 2. The second kappa shape index (κ2) is 10.2. The summed E-state index contributed by atoms with van der Waals surface area (Å²) in [6.45, 7) is 2.79. The van der Waals surface area contributed by atoms with Crippen molar-refractivity contribution in [1.29, 1.82) is 5.26 Å². The van der Waals surface area contributed by atoms with Crippen LogP contribution in [-0.2, 0) is 16.1 Å². The fourth-order valence-corrected chi connectivity index (χ4v) is 1.74. The predicted molar refractivity (Wildman–Crippen MR) is 86.7 cm³/mol. The average Bonchev–Trinajstić information content (AvgIpc) is 2.57. The summed E-state index contributed by atoms with van der Waals surface area (Å²) in [7, 11) is 0. The van der Waals surface area contributed by atoms with E-state index in [9.17, 15) is 9.59 Å². The largest absolute Gasteiger partial charge is 0.462 e. The first-order chi connectivity index (χ1) is 11.1. The van der Waals surface area contributed by atoms with Crippen molar-refractivity contribution in [3.63, 3.8) is 0 Å². The fraction of sp³-hybridized carbons (Fsp3) is 0.312. The van der Waals surface area contributed by atoms with Gasteiger partial charge in [0.1, 0.15) is 11.6 Å². The molecule has 0 saturated carbocycles. The van der Waals surface area contributed by atoms with E-state index < -0.39 is 5.91 Å². The van der Waals surface area contributed by atoms with Gasteiger partial charge in [-0.25, -0.2) is 4.79 Å². The topological polar surface area (TPSA) is 91.2 Å². The maximum atomic E-state index is 11.6. The predicted octanol–water partition coefficient (Wildman–Crippen LogP) is 1.72. The van der Waals surface area contributed by atoms with Crippen LogP contribution in [0, 0.1) is 11.3 Å². The summed E-state index contributed by atoms with van der Waals surface area (Å²) in [5.41, 5.74) is 1.34. The maximum Gasteiger partial charge on any atom is 0.338 e. The van der Waals surface area contributed by atoms with Crippen LogP contribution in [0.2, 0.25) is 0 Å². The van der Waals surface area contributed by atoms with Gasteiger partial charge in [0, 0.05) is 25.2 Å². The minimum atomic E-state index is -0.474. The Morgan fingerprint density at radius 3 is 2.61 bits per heavy atom. The summed E-state index contributed by atoms with van der Waals surface area (Å²) in [5, 5.41) is 14.3. The molecule has 7 heteroatoms. The van der Waals surface area contributed by atoms with E-state index in [-0.39, 0.29) is 17.4 Å². The van der Waals surface area contributed by atoms with Gasteiger partial charge in [-0.2, -0.15) is 5.26 Å². The van der Waals surface area contributed by atoms with Gasteiger partial charge in [0.2, 0.25) is 0 Å². The van der Waals surface area contributed by atoms with Gasteiger partial charge in [0.05, 0.1) is 12.2 Å². The molecule has 0 aliphatic heterocycles. The molecule has 0 bridgehead atoms. The van der Waals surface area contributed by atoms with Gasteiger partial charge in [-0.3, -0.25) is 4.79 Å². The van der Waals surface area contributed by atoms with Crippen LogP contribution < -0.4 is 10.6 Å². The second-order valence-corrected chi connectivity index (χ2v) is 4.79. The van der Waals surface area contributed by atoms with Crippen LogP contribution in [0.1, 0.15) is 22.8 Å². The third-order valence-corrected chi connectivity index (χ3v) is 2.95. The van der Waals surface area contributed by atoms with E-state index in [2.05, 4.69) is 10.6 Å². The van der Waals surface area contributed by atoms with Crippen LogP contribution >= 0.6 is 11.6 Å². The number of nitrogens with zero attached hydrogens (tertiary/aromatic N) is 1. The van der Waals surface area contributed by atoms with Crippen molar-refractivity contribution in [2.24, 2.45) is 0 Å². The zero-order valence-corrected chi connectivity index (χ0v) is 13.5. The monoisotopic (exact) mass is 335 g/mol. The minimum Gasteiger partial charge on any atom is -0.462 e. The van der Waals surface area contributed by atoms with Crippen molar-refractivity contribution in [3.8, 4) is 6.07 Å². The van der Waals surface area contributed by atoms with E-state index in [1.165, 1.54) is 6.20 Å². The molecule has 0 fully saturated rings. The first-order valence-corrected chi connectivity index (χ1v) is 7.59. The molecule has 1 aromatic carbocycles. The van der Waals surface area contributed by atoms with Crippen LogP contribution in [-0.4, -0.2) is 30.9 Å². The highest BCUT2D eigenvalue weighted by molar-refractivity contribution is 6.18. The van der Waals surface area contributed by atoms with Crippen molar-refractivity contribution in [2.75, 3.05) is 19.0 Å². The smallest absolute Gasteiger partial charge is 0.338 e. The molecule has 0 heterocycles. The lowest BCUT2D eigenvalue weighted by atomic mass is 10.1. The number of halogens is 1. The molecule has 0 aromatic heterocycles. The molecule has 1 rings (SSSR count). The first-order valence-electron chi connectivity index (χ1n) is 7.06. The molecule has 0 radical (unpaired) electrons. The normalized spacial score (nSPS) is 10.6. The SMILES string of the molecule is CCOC(=O)c1ccc(CN/C=C(/C#N)C(=O)NCCCl)cc1. The van der Waals surface area contributed by atoms with Gasteiger partial charge >= 0.3 is 5.97 Å². The number of ether oxygens (including phenoxy) is 1. The molecule has 0 spiro atoms. The molecule has 6 nitrogen and oxygen atoms in total. The number of hydrogen-bond acceptors (Lipinski definition) is 5. The van der Waals surface area contributed by atoms with E-state index in [4.69, 9.17) is 21.6 Å². The standard InChI is InChI=1S/C16H18ClN3O3/c1-2-23-16(22)13-5-3-12(4-6-13)10-19-11-14(9-18)15(21)20-8-7-17/h3-6,11,19H,2,7-8,10H2,1H3,(H,20,21)/b14-11-. The highest BCUT2D eigenvalue weighted by Gasteiger charge is 2.08. The van der Waals surface area contributed by atoms with Crippen molar-refractivity contribution in [1.82, 2.24) is 10.6 Å². The number of nitrogens with one attached hydrogen (secondary N) is 2. The molecule has 0 aliphatic rings. The van der Waals surface area contributed by atoms with E-state index in [1.807, 2.05) is 6.07 Å². The molecule has 1 amide bonds. The molecule has 0 saturated heterocycles. The number of alkyl halides is 1. The van der Waals surface area contributed by atoms with Gasteiger partial charge in [-0.15, -0.1) is 11.6 Å². The van der Waals surface area contributed by atoms with Crippen LogP contribution in [0.5, 0.6) is 0 Å².